The lowest BCUT2D eigenvalue weighted by atomic mass is 10.2. The van der Waals surface area contributed by atoms with Crippen LogP contribution in [0.15, 0.2) is 36.3 Å². The summed E-state index contributed by atoms with van der Waals surface area (Å²) in [7, 11) is 0. The number of allylic oxidation sites excluding steroid dienone is 2. The van der Waals surface area contributed by atoms with Crippen LogP contribution in [0.5, 0.6) is 0 Å². The Bertz CT molecular complexity index is 298. The smallest absolute Gasteiger partial charge is 0.189 e. The molecule has 0 aromatic rings. The molecular weight excluding hydrogens is 216 g/mol. The molecule has 1 atom stereocenters. The van der Waals surface area contributed by atoms with Gasteiger partial charge in [-0.2, -0.15) is 0 Å². The van der Waals surface area contributed by atoms with Crippen LogP contribution in [0, 0.1) is 0 Å². The quantitative estimate of drug-likeness (QED) is 0.662. The Morgan fingerprint density at radius 1 is 1.71 bits per heavy atom. The Morgan fingerprint density at radius 2 is 2.53 bits per heavy atom. The summed E-state index contributed by atoms with van der Waals surface area (Å²) < 4.78 is 10.7. The molecule has 0 spiro atoms. The molecule has 17 heavy (non-hydrogen) atoms. The largest absolute Gasteiger partial charge is 0.472 e. The summed E-state index contributed by atoms with van der Waals surface area (Å²) in [6, 6.07) is 0. The first-order valence-electron chi connectivity index (χ1n) is 5.95. The van der Waals surface area contributed by atoms with Crippen molar-refractivity contribution in [2.75, 3.05) is 19.9 Å². The first-order chi connectivity index (χ1) is 8.26. The molecule has 1 aliphatic rings. The van der Waals surface area contributed by atoms with E-state index in [1.165, 1.54) is 0 Å². The first-order valence-corrected chi connectivity index (χ1v) is 5.95. The van der Waals surface area contributed by atoms with Gasteiger partial charge in [-0.25, -0.2) is 0 Å². The lowest BCUT2D eigenvalue weighted by Gasteiger charge is -2.19. The monoisotopic (exact) mass is 238 g/mol. The van der Waals surface area contributed by atoms with Crippen molar-refractivity contribution >= 4 is 0 Å². The van der Waals surface area contributed by atoms with E-state index in [0.717, 1.165) is 30.8 Å². The SMILES string of the molecule is C=CC/C(=C\CC1=CC(C)OCO1)NCCN. The van der Waals surface area contributed by atoms with Gasteiger partial charge in [0.25, 0.3) is 0 Å². The fourth-order valence-electron chi connectivity index (χ4n) is 1.54. The molecule has 1 heterocycles. The van der Waals surface area contributed by atoms with E-state index in [0.29, 0.717) is 13.3 Å². The standard InChI is InChI=1S/C13H22N2O2/c1-3-4-12(15-8-7-14)5-6-13-9-11(2)16-10-17-13/h3,5,9,11,15H,1,4,6-8,10,14H2,2H3/b12-5+. The maximum Gasteiger partial charge on any atom is 0.189 e. The van der Waals surface area contributed by atoms with Crippen molar-refractivity contribution in [3.63, 3.8) is 0 Å². The minimum absolute atomic E-state index is 0.131. The summed E-state index contributed by atoms with van der Waals surface area (Å²) in [6.07, 6.45) is 7.70. The van der Waals surface area contributed by atoms with Gasteiger partial charge in [0.05, 0.1) is 6.10 Å². The Balaban J connectivity index is 2.49. The van der Waals surface area contributed by atoms with Crippen molar-refractivity contribution in [3.8, 4) is 0 Å². The Hall–Kier alpha value is -1.26. The Kier molecular flexibility index (Phi) is 6.43. The molecular formula is C13H22N2O2. The van der Waals surface area contributed by atoms with Gasteiger partial charge in [-0.3, -0.25) is 0 Å². The maximum absolute atomic E-state index is 5.46. The average molecular weight is 238 g/mol. The van der Waals surface area contributed by atoms with Crippen molar-refractivity contribution in [1.82, 2.24) is 5.32 Å². The van der Waals surface area contributed by atoms with E-state index in [9.17, 15) is 0 Å². The third-order valence-corrected chi connectivity index (χ3v) is 2.41. The third-order valence-electron chi connectivity index (χ3n) is 2.41. The predicted octanol–water partition coefficient (Wildman–Crippen LogP) is 1.66. The first kappa shape index (κ1) is 13.8. The molecule has 0 amide bonds. The third kappa shape index (κ3) is 5.56. The fraction of sp³-hybridized carbons (Fsp3) is 0.538. The van der Waals surface area contributed by atoms with E-state index in [2.05, 4.69) is 18.0 Å². The van der Waals surface area contributed by atoms with Crippen LogP contribution in [0.2, 0.25) is 0 Å². The van der Waals surface area contributed by atoms with Gasteiger partial charge in [0.15, 0.2) is 6.79 Å². The number of ether oxygens (including phenoxy) is 2. The van der Waals surface area contributed by atoms with Gasteiger partial charge in [-0.1, -0.05) is 12.2 Å². The van der Waals surface area contributed by atoms with Crippen molar-refractivity contribution in [2.45, 2.75) is 25.9 Å². The zero-order chi connectivity index (χ0) is 12.5. The molecule has 0 saturated heterocycles. The highest BCUT2D eigenvalue weighted by molar-refractivity contribution is 5.11. The molecule has 1 unspecified atom stereocenters. The highest BCUT2D eigenvalue weighted by Gasteiger charge is 2.09. The fourth-order valence-corrected chi connectivity index (χ4v) is 1.54. The van der Waals surface area contributed by atoms with Gasteiger partial charge in [-0.05, 0) is 13.0 Å². The van der Waals surface area contributed by atoms with Crippen molar-refractivity contribution in [3.05, 3.63) is 36.3 Å². The normalized spacial score (nSPS) is 20.5. The molecule has 4 nitrogen and oxygen atoms in total. The summed E-state index contributed by atoms with van der Waals surface area (Å²) in [5.74, 6) is 0.958. The molecule has 0 saturated carbocycles. The van der Waals surface area contributed by atoms with Crippen molar-refractivity contribution in [1.29, 1.82) is 0 Å². The van der Waals surface area contributed by atoms with Gasteiger partial charge >= 0.3 is 0 Å². The van der Waals surface area contributed by atoms with Gasteiger partial charge in [-0.15, -0.1) is 6.58 Å². The molecule has 0 aromatic heterocycles. The average Bonchev–Trinajstić information content (AvgIpc) is 2.33. The molecule has 96 valence electrons. The zero-order valence-corrected chi connectivity index (χ0v) is 10.4. The molecule has 0 aliphatic carbocycles. The molecule has 1 rings (SSSR count). The number of nitrogens with one attached hydrogen (secondary N) is 1. The van der Waals surface area contributed by atoms with Gasteiger partial charge in [0.1, 0.15) is 5.76 Å². The lowest BCUT2D eigenvalue weighted by Crippen LogP contribution is -2.22. The van der Waals surface area contributed by atoms with Crippen LogP contribution in [0.1, 0.15) is 19.8 Å². The van der Waals surface area contributed by atoms with Crippen LogP contribution in [0.4, 0.5) is 0 Å². The molecule has 3 N–H and O–H groups in total. The number of hydrogen-bond acceptors (Lipinski definition) is 4. The second-order valence-corrected chi connectivity index (χ2v) is 3.91. The van der Waals surface area contributed by atoms with Crippen LogP contribution >= 0.6 is 0 Å². The van der Waals surface area contributed by atoms with E-state index >= 15 is 0 Å². The predicted molar refractivity (Wildman–Crippen MR) is 69.2 cm³/mol. The molecule has 1 aliphatic heterocycles. The molecule has 0 aromatic carbocycles. The molecule has 0 fully saturated rings. The summed E-state index contributed by atoms with van der Waals surface area (Å²) in [5, 5.41) is 3.27. The van der Waals surface area contributed by atoms with E-state index in [-0.39, 0.29) is 6.10 Å². The van der Waals surface area contributed by atoms with E-state index in [4.69, 9.17) is 15.2 Å². The van der Waals surface area contributed by atoms with Crippen LogP contribution < -0.4 is 11.1 Å². The summed E-state index contributed by atoms with van der Waals surface area (Å²) >= 11 is 0. The van der Waals surface area contributed by atoms with Crippen LogP contribution in [-0.2, 0) is 9.47 Å². The molecule has 4 heteroatoms. The van der Waals surface area contributed by atoms with Crippen molar-refractivity contribution in [2.24, 2.45) is 5.73 Å². The van der Waals surface area contributed by atoms with Crippen molar-refractivity contribution < 1.29 is 9.47 Å². The highest BCUT2D eigenvalue weighted by Crippen LogP contribution is 2.14. The summed E-state index contributed by atoms with van der Waals surface area (Å²) in [5.41, 5.74) is 6.60. The van der Waals surface area contributed by atoms with E-state index < -0.39 is 0 Å². The van der Waals surface area contributed by atoms with Crippen LogP contribution in [-0.4, -0.2) is 26.0 Å². The van der Waals surface area contributed by atoms with Gasteiger partial charge in [0, 0.05) is 31.6 Å². The second-order valence-electron chi connectivity index (χ2n) is 3.91. The highest BCUT2D eigenvalue weighted by atomic mass is 16.7. The van der Waals surface area contributed by atoms with E-state index in [1.54, 1.807) is 0 Å². The Labute approximate surface area is 103 Å². The number of rotatable bonds is 7. The van der Waals surface area contributed by atoms with E-state index in [1.807, 2.05) is 19.1 Å². The lowest BCUT2D eigenvalue weighted by molar-refractivity contribution is -0.0648. The Morgan fingerprint density at radius 3 is 3.18 bits per heavy atom. The second kappa shape index (κ2) is 7.92. The summed E-state index contributed by atoms with van der Waals surface area (Å²) in [6.45, 7) is 7.48. The number of nitrogens with two attached hydrogens (primary N) is 1. The van der Waals surface area contributed by atoms with Gasteiger partial charge in [0.2, 0.25) is 0 Å². The minimum atomic E-state index is 0.131. The van der Waals surface area contributed by atoms with Crippen LogP contribution in [0.25, 0.3) is 0 Å². The van der Waals surface area contributed by atoms with Gasteiger partial charge < -0.3 is 20.5 Å². The molecule has 0 radical (unpaired) electrons. The molecule has 0 bridgehead atoms. The van der Waals surface area contributed by atoms with Crippen LogP contribution in [0.3, 0.4) is 0 Å². The zero-order valence-electron chi connectivity index (χ0n) is 10.4. The summed E-state index contributed by atoms with van der Waals surface area (Å²) in [4.78, 5) is 0. The topological polar surface area (TPSA) is 56.5 Å². The maximum atomic E-state index is 5.46. The minimum Gasteiger partial charge on any atom is -0.472 e. The number of hydrogen-bond donors (Lipinski definition) is 2.